The minimum absolute atomic E-state index is 0.0401. The summed E-state index contributed by atoms with van der Waals surface area (Å²) >= 11 is 0.940. The Morgan fingerprint density at radius 3 is 2.62 bits per heavy atom. The fourth-order valence-corrected chi connectivity index (χ4v) is 5.44. The van der Waals surface area contributed by atoms with Gasteiger partial charge < -0.3 is 41.1 Å². The molecule has 0 aliphatic carbocycles. The van der Waals surface area contributed by atoms with Gasteiger partial charge in [0.25, 0.3) is 17.9 Å². The predicted octanol–water partition coefficient (Wildman–Crippen LogP) is -2.25. The van der Waals surface area contributed by atoms with Crippen molar-refractivity contribution in [3.05, 3.63) is 35.5 Å². The van der Waals surface area contributed by atoms with Gasteiger partial charge in [0.05, 0.1) is 24.5 Å². The van der Waals surface area contributed by atoms with Crippen LogP contribution in [-0.4, -0.2) is 98.9 Å². The van der Waals surface area contributed by atoms with Gasteiger partial charge in [-0.3, -0.25) is 9.59 Å². The maximum atomic E-state index is 13.2. The van der Waals surface area contributed by atoms with E-state index in [9.17, 15) is 37.6 Å². The first-order chi connectivity index (χ1) is 21.1. The second kappa shape index (κ2) is 12.9. The molecule has 0 bridgehead atoms. The summed E-state index contributed by atoms with van der Waals surface area (Å²) in [6, 6.07) is 3.26. The number of nitrogens with zero attached hydrogens (tertiary/aromatic N) is 5. The van der Waals surface area contributed by atoms with E-state index in [-0.39, 0.29) is 35.8 Å². The number of oxime groups is 1. The monoisotopic (exact) mass is 670 g/mol. The maximum Gasteiger partial charge on any atom is 0.351 e. The average molecular weight is 671 g/mol. The Bertz CT molecular complexity index is 1750. The normalized spacial score (nSPS) is 17.9. The van der Waals surface area contributed by atoms with Gasteiger partial charge >= 0.3 is 5.97 Å². The number of aryl methyl sites for hydroxylation is 1. The molecule has 21 heteroatoms. The topological polar surface area (TPSA) is 278 Å². The molecule has 3 heterocycles. The van der Waals surface area contributed by atoms with E-state index in [1.54, 1.807) is 40.8 Å². The average Bonchev–Trinajstić information content (AvgIpc) is 3.54. The van der Waals surface area contributed by atoms with Crippen LogP contribution >= 0.6 is 11.3 Å². The standard InChI is InChI=1S/C24H30N8O11S2/c1-24(2)19(21(35)32(24)43-45(38,39)40)28-20(34)18(15-11-44-23(26)27-15)29-42-17(22(36)37)10-41-14-4-5-16-12(6-14)8-31(30(16)3)13(7-25)9-33/h4-6,8,11,13,17,19,33H,7,9-10,25H2,1-3H3,(H4-,26,27,28,34,36,37,38,39,40)/b29-18-/t13?,17-,19?/m0/s1. The maximum absolute atomic E-state index is 13.2. The minimum Gasteiger partial charge on any atom is -0.724 e. The lowest BCUT2D eigenvalue weighted by Crippen LogP contribution is -2.76. The highest BCUT2D eigenvalue weighted by molar-refractivity contribution is 7.80. The molecular formula is C24H30N8O11S2. The largest absolute Gasteiger partial charge is 0.724 e. The number of ether oxygens (including phenoxy) is 1. The number of nitrogen functional groups attached to an aromatic ring is 1. The Labute approximate surface area is 259 Å². The number of carbonyl (C=O) groups excluding carboxylic acids is 2. The summed E-state index contributed by atoms with van der Waals surface area (Å²) in [6.07, 6.45) is 0.0405. The molecule has 7 N–H and O–H groups in total. The van der Waals surface area contributed by atoms with E-state index in [0.717, 1.165) is 22.2 Å². The number of amides is 2. The summed E-state index contributed by atoms with van der Waals surface area (Å²) in [7, 11) is -3.48. The molecule has 2 aromatic heterocycles. The van der Waals surface area contributed by atoms with E-state index in [1.165, 1.54) is 19.2 Å². The number of carboxylic acid groups (broad SMARTS) is 1. The molecule has 3 aromatic rings. The van der Waals surface area contributed by atoms with Crippen LogP contribution in [0.5, 0.6) is 5.75 Å². The third kappa shape index (κ3) is 7.13. The zero-order chi connectivity index (χ0) is 33.3. The van der Waals surface area contributed by atoms with Gasteiger partial charge in [-0.05, 0) is 32.0 Å². The zero-order valence-electron chi connectivity index (χ0n) is 24.0. The van der Waals surface area contributed by atoms with Crippen LogP contribution in [0.2, 0.25) is 0 Å². The summed E-state index contributed by atoms with van der Waals surface area (Å²) in [6.45, 7) is 2.14. The Balaban J connectivity index is 1.51. The predicted molar refractivity (Wildman–Crippen MR) is 153 cm³/mol. The molecule has 0 radical (unpaired) electrons. The van der Waals surface area contributed by atoms with Gasteiger partial charge in [-0.2, -0.15) is 14.0 Å². The lowest BCUT2D eigenvalue weighted by molar-refractivity contribution is -0.792. The fraction of sp³-hybridized carbons (Fsp3) is 0.417. The molecule has 45 heavy (non-hydrogen) atoms. The highest BCUT2D eigenvalue weighted by Crippen LogP contribution is 2.33. The number of carbonyl (C=O) groups is 3. The number of carboxylic acids is 1. The van der Waals surface area contributed by atoms with Crippen molar-refractivity contribution < 1.29 is 56.1 Å². The van der Waals surface area contributed by atoms with Crippen LogP contribution < -0.4 is 26.2 Å². The van der Waals surface area contributed by atoms with Crippen LogP contribution in [-0.2, 0) is 41.0 Å². The number of hydrogen-bond acceptors (Lipinski definition) is 15. The molecule has 0 saturated carbocycles. The van der Waals surface area contributed by atoms with Crippen LogP contribution in [0.4, 0.5) is 5.13 Å². The molecule has 3 atom stereocenters. The number of thiazole rings is 1. The first-order valence-corrected chi connectivity index (χ1v) is 15.2. The Hall–Kier alpha value is -4.41. The summed E-state index contributed by atoms with van der Waals surface area (Å²) < 4.78 is 46.3. The molecule has 0 spiro atoms. The van der Waals surface area contributed by atoms with Crippen LogP contribution in [0.3, 0.4) is 0 Å². The van der Waals surface area contributed by atoms with Crippen molar-refractivity contribution in [3.8, 4) is 5.75 Å². The number of benzene rings is 1. The van der Waals surface area contributed by atoms with Crippen molar-refractivity contribution >= 4 is 61.3 Å². The van der Waals surface area contributed by atoms with Gasteiger partial charge in [-0.25, -0.2) is 18.2 Å². The number of β-lactam (4-membered cyclic amide) rings is 1. The van der Waals surface area contributed by atoms with Gasteiger partial charge in [0.1, 0.15) is 36.2 Å². The second-order valence-corrected chi connectivity index (χ2v) is 12.1. The van der Waals surface area contributed by atoms with Crippen molar-refractivity contribution in [3.63, 3.8) is 0 Å². The second-order valence-electron chi connectivity index (χ2n) is 10.3. The number of nitrogens with two attached hydrogens (primary N) is 2. The summed E-state index contributed by atoms with van der Waals surface area (Å²) in [4.78, 5) is 46.8. The van der Waals surface area contributed by atoms with Crippen molar-refractivity contribution in [1.82, 2.24) is 20.0 Å². The lowest BCUT2D eigenvalue weighted by atomic mass is 9.84. The zero-order valence-corrected chi connectivity index (χ0v) is 25.6. The van der Waals surface area contributed by atoms with Crippen molar-refractivity contribution in [2.24, 2.45) is 17.9 Å². The van der Waals surface area contributed by atoms with E-state index in [2.05, 4.69) is 19.7 Å². The molecule has 1 aromatic carbocycles. The number of hydrogen-bond donors (Lipinski definition) is 5. The SMILES string of the molecule is Cn1c2ccc(OC[C@H](O/N=C(\C(=O)NC3C(=O)N(OS(=O)(=O)[O-])C3(C)C)c3csc(N)n3)C(=O)O)cc2c[n+]1C(CN)CO. The van der Waals surface area contributed by atoms with Gasteiger partial charge in [-0.15, -0.1) is 16.0 Å². The Kier molecular flexibility index (Phi) is 9.60. The Morgan fingerprint density at radius 2 is 2.07 bits per heavy atom. The minimum atomic E-state index is -5.27. The fourth-order valence-electron chi connectivity index (χ4n) is 4.44. The molecule has 19 nitrogen and oxygen atoms in total. The number of rotatable bonds is 14. The van der Waals surface area contributed by atoms with E-state index in [0.29, 0.717) is 5.06 Å². The molecule has 1 saturated heterocycles. The number of fused-ring (bicyclic) bond motifs is 1. The van der Waals surface area contributed by atoms with E-state index < -0.39 is 58.2 Å². The number of aliphatic carboxylic acids is 1. The number of nitrogens with one attached hydrogen (secondary N) is 1. The molecule has 244 valence electrons. The summed E-state index contributed by atoms with van der Waals surface area (Å²) in [5.74, 6) is -3.29. The molecule has 2 unspecified atom stereocenters. The third-order valence-corrected chi connectivity index (χ3v) is 7.87. The molecule has 1 aliphatic heterocycles. The van der Waals surface area contributed by atoms with E-state index in [4.69, 9.17) is 21.0 Å². The number of anilines is 1. The molecule has 1 fully saturated rings. The number of aromatic nitrogens is 3. The molecule has 4 rings (SSSR count). The van der Waals surface area contributed by atoms with Gasteiger partial charge in [0.15, 0.2) is 10.8 Å². The first kappa shape index (κ1) is 33.5. The smallest absolute Gasteiger partial charge is 0.351 e. The summed E-state index contributed by atoms with van der Waals surface area (Å²) in [5.41, 5.74) is 10.1. The van der Waals surface area contributed by atoms with Gasteiger partial charge in [-0.1, -0.05) is 5.16 Å². The van der Waals surface area contributed by atoms with Gasteiger partial charge in [0.2, 0.25) is 22.6 Å². The number of aliphatic hydroxyl groups excluding tert-OH is 1. The summed E-state index contributed by atoms with van der Waals surface area (Å²) in [5, 5.41) is 27.8. The van der Waals surface area contributed by atoms with E-state index in [1.807, 2.05) is 0 Å². The highest BCUT2D eigenvalue weighted by atomic mass is 32.3. The van der Waals surface area contributed by atoms with Crippen LogP contribution in [0.1, 0.15) is 25.6 Å². The van der Waals surface area contributed by atoms with Crippen molar-refractivity contribution in [1.29, 1.82) is 0 Å². The first-order valence-electron chi connectivity index (χ1n) is 13.0. The van der Waals surface area contributed by atoms with Crippen molar-refractivity contribution in [2.45, 2.75) is 37.6 Å². The number of hydroxylamine groups is 2. The van der Waals surface area contributed by atoms with E-state index >= 15 is 0 Å². The molecule has 2 amide bonds. The van der Waals surface area contributed by atoms with Crippen LogP contribution in [0.15, 0.2) is 34.9 Å². The quantitative estimate of drug-likeness (QED) is 0.0303. The lowest BCUT2D eigenvalue weighted by Gasteiger charge is -2.51. The highest BCUT2D eigenvalue weighted by Gasteiger charge is 2.57. The van der Waals surface area contributed by atoms with Crippen LogP contribution in [0, 0.1) is 0 Å². The van der Waals surface area contributed by atoms with Gasteiger partial charge in [0, 0.05) is 5.38 Å². The van der Waals surface area contributed by atoms with Crippen LogP contribution in [0.25, 0.3) is 10.9 Å². The Morgan fingerprint density at radius 1 is 1.36 bits per heavy atom. The molecular weight excluding hydrogens is 640 g/mol. The number of aliphatic hydroxyl groups is 1. The van der Waals surface area contributed by atoms with Crippen molar-refractivity contribution in [2.75, 3.05) is 25.5 Å². The molecule has 1 aliphatic rings. The third-order valence-electron chi connectivity index (χ3n) is 6.87.